The molecule has 208 valence electrons. The SMILES string of the molecule is CC(C)CNC(=O)C(C)N(Cc1cccc(Br)c1)C(=O)CN(c1ccc(Cl)cc1Cl)S(=O)(=O)c1ccccc1. The van der Waals surface area contributed by atoms with Crippen molar-refractivity contribution >= 4 is 66.7 Å². The van der Waals surface area contributed by atoms with Gasteiger partial charge in [-0.3, -0.25) is 13.9 Å². The molecule has 3 rings (SSSR count). The molecule has 0 fully saturated rings. The van der Waals surface area contributed by atoms with Crippen LogP contribution < -0.4 is 9.62 Å². The predicted octanol–water partition coefficient (Wildman–Crippen LogP) is 6.14. The summed E-state index contributed by atoms with van der Waals surface area (Å²) in [7, 11) is -4.21. The minimum absolute atomic E-state index is 0.00918. The fourth-order valence-electron chi connectivity index (χ4n) is 3.78. The fourth-order valence-corrected chi connectivity index (χ4v) is 6.24. The summed E-state index contributed by atoms with van der Waals surface area (Å²) >= 11 is 15.9. The van der Waals surface area contributed by atoms with E-state index >= 15 is 0 Å². The number of anilines is 1. The van der Waals surface area contributed by atoms with E-state index < -0.39 is 28.5 Å². The summed E-state index contributed by atoms with van der Waals surface area (Å²) in [6.45, 7) is 5.50. The maximum atomic E-state index is 13.9. The van der Waals surface area contributed by atoms with Gasteiger partial charge in [-0.1, -0.05) is 83.3 Å². The Hall–Kier alpha value is -2.59. The molecule has 0 radical (unpaired) electrons. The predicted molar refractivity (Wildman–Crippen MR) is 159 cm³/mol. The topological polar surface area (TPSA) is 86.8 Å². The molecule has 3 aromatic carbocycles. The van der Waals surface area contributed by atoms with Gasteiger partial charge in [0.1, 0.15) is 12.6 Å². The van der Waals surface area contributed by atoms with Crippen LogP contribution in [0.3, 0.4) is 0 Å². The first kappa shape index (κ1) is 30.9. The zero-order valence-electron chi connectivity index (χ0n) is 21.8. The van der Waals surface area contributed by atoms with Crippen LogP contribution in [-0.2, 0) is 26.2 Å². The summed E-state index contributed by atoms with van der Waals surface area (Å²) in [5.41, 5.74) is 0.862. The van der Waals surface area contributed by atoms with Crippen LogP contribution in [0.25, 0.3) is 0 Å². The molecule has 7 nitrogen and oxygen atoms in total. The molecule has 11 heteroatoms. The van der Waals surface area contributed by atoms with Crippen LogP contribution in [0, 0.1) is 5.92 Å². The lowest BCUT2D eigenvalue weighted by Gasteiger charge is -2.32. The van der Waals surface area contributed by atoms with Crippen LogP contribution in [0.4, 0.5) is 5.69 Å². The van der Waals surface area contributed by atoms with Gasteiger partial charge in [-0.2, -0.15) is 0 Å². The zero-order chi connectivity index (χ0) is 28.7. The summed E-state index contributed by atoms with van der Waals surface area (Å²) in [5.74, 6) is -0.698. The molecule has 3 aromatic rings. The third-order valence-corrected chi connectivity index (χ3v) is 8.69. The van der Waals surface area contributed by atoms with Crippen molar-refractivity contribution in [1.29, 1.82) is 0 Å². The minimum Gasteiger partial charge on any atom is -0.354 e. The molecule has 1 atom stereocenters. The highest BCUT2D eigenvalue weighted by atomic mass is 79.9. The summed E-state index contributed by atoms with van der Waals surface area (Å²) < 4.78 is 29.3. The highest BCUT2D eigenvalue weighted by Crippen LogP contribution is 2.33. The molecule has 0 aliphatic carbocycles. The molecular weight excluding hydrogens is 625 g/mol. The van der Waals surface area contributed by atoms with Crippen LogP contribution in [-0.4, -0.2) is 44.3 Å². The Morgan fingerprint density at radius 2 is 1.64 bits per heavy atom. The minimum atomic E-state index is -4.21. The number of nitrogens with zero attached hydrogens (tertiary/aromatic N) is 2. The maximum Gasteiger partial charge on any atom is 0.264 e. The highest BCUT2D eigenvalue weighted by Gasteiger charge is 2.33. The number of carbonyl (C=O) groups excluding carboxylic acids is 2. The Balaban J connectivity index is 2.03. The van der Waals surface area contributed by atoms with Gasteiger partial charge in [0, 0.05) is 22.6 Å². The van der Waals surface area contributed by atoms with E-state index in [4.69, 9.17) is 23.2 Å². The second-order valence-electron chi connectivity index (χ2n) is 9.39. The van der Waals surface area contributed by atoms with Gasteiger partial charge >= 0.3 is 0 Å². The van der Waals surface area contributed by atoms with E-state index in [1.54, 1.807) is 25.1 Å². The van der Waals surface area contributed by atoms with Crippen LogP contribution in [0.5, 0.6) is 0 Å². The fraction of sp³-hybridized carbons (Fsp3) is 0.286. The number of halogens is 3. The molecule has 1 N–H and O–H groups in total. The Morgan fingerprint density at radius 3 is 2.26 bits per heavy atom. The van der Waals surface area contributed by atoms with E-state index in [1.165, 1.54) is 35.2 Å². The lowest BCUT2D eigenvalue weighted by molar-refractivity contribution is -0.139. The van der Waals surface area contributed by atoms with Gasteiger partial charge in [-0.05, 0) is 60.9 Å². The Labute approximate surface area is 248 Å². The monoisotopic (exact) mass is 653 g/mol. The zero-order valence-corrected chi connectivity index (χ0v) is 25.7. The number of carbonyl (C=O) groups is 2. The molecule has 1 unspecified atom stereocenters. The molecule has 0 aliphatic rings. The van der Waals surface area contributed by atoms with Crippen molar-refractivity contribution in [3.05, 3.63) is 92.9 Å². The Kier molecular flexibility index (Phi) is 10.8. The molecule has 0 heterocycles. The first-order chi connectivity index (χ1) is 18.4. The van der Waals surface area contributed by atoms with Gasteiger partial charge in [0.05, 0.1) is 15.6 Å². The van der Waals surface area contributed by atoms with Crippen LogP contribution in [0.15, 0.2) is 82.2 Å². The molecule has 0 aromatic heterocycles. The third-order valence-electron chi connectivity index (χ3n) is 5.88. The van der Waals surface area contributed by atoms with Crippen molar-refractivity contribution in [2.45, 2.75) is 38.3 Å². The molecule has 2 amide bonds. The van der Waals surface area contributed by atoms with Crippen molar-refractivity contribution in [1.82, 2.24) is 10.2 Å². The number of benzene rings is 3. The van der Waals surface area contributed by atoms with Gasteiger partial charge in [0.2, 0.25) is 11.8 Å². The lowest BCUT2D eigenvalue weighted by Crippen LogP contribution is -2.51. The van der Waals surface area contributed by atoms with Crippen molar-refractivity contribution in [3.8, 4) is 0 Å². The van der Waals surface area contributed by atoms with Gasteiger partial charge in [0.15, 0.2) is 0 Å². The average Bonchev–Trinajstić information content (AvgIpc) is 2.89. The molecule has 0 saturated carbocycles. The quantitative estimate of drug-likeness (QED) is 0.269. The average molecular weight is 655 g/mol. The molecule has 0 aliphatic heterocycles. The van der Waals surface area contributed by atoms with Gasteiger partial charge in [-0.15, -0.1) is 0 Å². The van der Waals surface area contributed by atoms with E-state index in [-0.39, 0.29) is 34.0 Å². The van der Waals surface area contributed by atoms with Crippen LogP contribution >= 0.6 is 39.1 Å². The van der Waals surface area contributed by atoms with E-state index in [2.05, 4.69) is 21.2 Å². The van der Waals surface area contributed by atoms with Crippen molar-refractivity contribution in [3.63, 3.8) is 0 Å². The first-order valence-electron chi connectivity index (χ1n) is 12.2. The Morgan fingerprint density at radius 1 is 0.949 bits per heavy atom. The summed E-state index contributed by atoms with van der Waals surface area (Å²) in [4.78, 5) is 28.3. The summed E-state index contributed by atoms with van der Waals surface area (Å²) in [6.07, 6.45) is 0. The molecule has 0 bridgehead atoms. The van der Waals surface area contributed by atoms with Crippen molar-refractivity contribution in [2.24, 2.45) is 5.92 Å². The number of sulfonamides is 1. The summed E-state index contributed by atoms with van der Waals surface area (Å²) in [5, 5.41) is 3.25. The number of hydrogen-bond acceptors (Lipinski definition) is 4. The number of amides is 2. The van der Waals surface area contributed by atoms with Crippen molar-refractivity contribution < 1.29 is 18.0 Å². The van der Waals surface area contributed by atoms with Crippen molar-refractivity contribution in [2.75, 3.05) is 17.4 Å². The van der Waals surface area contributed by atoms with Gasteiger partial charge < -0.3 is 10.2 Å². The first-order valence-corrected chi connectivity index (χ1v) is 15.2. The Bertz CT molecular complexity index is 1420. The molecule has 0 saturated heterocycles. The van der Waals surface area contributed by atoms with E-state index in [0.717, 1.165) is 14.3 Å². The molecular formula is C28H30BrCl2N3O4S. The van der Waals surface area contributed by atoms with E-state index in [1.807, 2.05) is 38.1 Å². The summed E-state index contributed by atoms with van der Waals surface area (Å²) in [6, 6.07) is 18.6. The highest BCUT2D eigenvalue weighted by molar-refractivity contribution is 9.10. The van der Waals surface area contributed by atoms with Crippen LogP contribution in [0.2, 0.25) is 10.0 Å². The van der Waals surface area contributed by atoms with Gasteiger partial charge in [0.25, 0.3) is 10.0 Å². The normalized spacial score (nSPS) is 12.2. The molecule has 0 spiro atoms. The van der Waals surface area contributed by atoms with E-state index in [9.17, 15) is 18.0 Å². The third kappa shape index (κ3) is 8.20. The van der Waals surface area contributed by atoms with E-state index in [0.29, 0.717) is 11.6 Å². The largest absolute Gasteiger partial charge is 0.354 e. The second kappa shape index (κ2) is 13.7. The number of rotatable bonds is 11. The lowest BCUT2D eigenvalue weighted by atomic mass is 10.1. The number of nitrogens with one attached hydrogen (secondary N) is 1. The standard InChI is InChI=1S/C28H30BrCl2N3O4S/c1-19(2)16-32-28(36)20(3)33(17-21-8-7-9-22(29)14-21)27(35)18-34(26-13-12-23(30)15-25(26)31)39(37,38)24-10-5-4-6-11-24/h4-15,19-20H,16-18H2,1-3H3,(H,32,36). The van der Waals surface area contributed by atoms with Gasteiger partial charge in [-0.25, -0.2) is 8.42 Å². The smallest absolute Gasteiger partial charge is 0.264 e. The second-order valence-corrected chi connectivity index (χ2v) is 13.0. The maximum absolute atomic E-state index is 13.9. The molecule has 39 heavy (non-hydrogen) atoms. The van der Waals surface area contributed by atoms with Crippen LogP contribution in [0.1, 0.15) is 26.3 Å². The number of hydrogen-bond donors (Lipinski definition) is 1.